The van der Waals surface area contributed by atoms with E-state index in [1.54, 1.807) is 0 Å². The highest BCUT2D eigenvalue weighted by molar-refractivity contribution is 6.23. The van der Waals surface area contributed by atoms with Crippen LogP contribution >= 0.6 is 0 Å². The zero-order valence-electron chi connectivity index (χ0n) is 23.7. The van der Waals surface area contributed by atoms with Gasteiger partial charge in [-0.1, -0.05) is 115 Å². The molecular weight excluding hydrogens is 522 g/mol. The summed E-state index contributed by atoms with van der Waals surface area (Å²) in [6.07, 6.45) is 0. The predicted molar refractivity (Wildman–Crippen MR) is 181 cm³/mol. The van der Waals surface area contributed by atoms with Gasteiger partial charge in [0.05, 0.1) is 22.1 Å². The third kappa shape index (κ3) is 3.52. The maximum Gasteiger partial charge on any atom is 0.140 e. The first kappa shape index (κ1) is 24.0. The molecule has 0 bridgehead atoms. The van der Waals surface area contributed by atoms with Crippen LogP contribution in [0.1, 0.15) is 0 Å². The summed E-state index contributed by atoms with van der Waals surface area (Å²) in [7, 11) is 2.14. The number of nitrogens with zero attached hydrogens (tertiary/aromatic N) is 3. The summed E-state index contributed by atoms with van der Waals surface area (Å²) >= 11 is 0. The largest absolute Gasteiger partial charge is 0.327 e. The molecular formula is C40H27N3. The third-order valence-corrected chi connectivity index (χ3v) is 8.91. The second kappa shape index (κ2) is 9.17. The van der Waals surface area contributed by atoms with E-state index in [4.69, 9.17) is 4.98 Å². The van der Waals surface area contributed by atoms with Gasteiger partial charge in [0.2, 0.25) is 0 Å². The molecule has 9 rings (SSSR count). The summed E-state index contributed by atoms with van der Waals surface area (Å²) in [5.41, 5.74) is 9.34. The lowest BCUT2D eigenvalue weighted by atomic mass is 10.00. The lowest BCUT2D eigenvalue weighted by Gasteiger charge is -2.09. The Kier molecular flexibility index (Phi) is 5.11. The molecule has 43 heavy (non-hydrogen) atoms. The Morgan fingerprint density at radius 1 is 0.442 bits per heavy atom. The molecule has 3 nitrogen and oxygen atoms in total. The van der Waals surface area contributed by atoms with Crippen LogP contribution in [0.15, 0.2) is 146 Å². The van der Waals surface area contributed by atoms with Crippen LogP contribution in [-0.2, 0) is 7.05 Å². The van der Waals surface area contributed by atoms with Gasteiger partial charge in [0.15, 0.2) is 0 Å². The first-order chi connectivity index (χ1) is 21.3. The highest BCUT2D eigenvalue weighted by atomic mass is 15.1. The number of fused-ring (bicyclic) bond motifs is 9. The molecule has 2 aromatic heterocycles. The molecule has 0 fully saturated rings. The Labute approximate surface area is 248 Å². The monoisotopic (exact) mass is 549 g/mol. The third-order valence-electron chi connectivity index (χ3n) is 8.91. The van der Waals surface area contributed by atoms with Gasteiger partial charge in [-0.05, 0) is 52.2 Å². The highest BCUT2D eigenvalue weighted by Crippen LogP contribution is 2.38. The van der Waals surface area contributed by atoms with Gasteiger partial charge in [-0.15, -0.1) is 0 Å². The molecule has 7 aromatic carbocycles. The molecule has 0 N–H and O–H groups in total. The SMILES string of the molecule is Cn1c(-c2ccc(-c3ccc4c(c3)c3ccccc3n4-c3ccccc3)cc2)nc2c3ccccc3c3ccccc3c21. The molecule has 0 radical (unpaired) electrons. The summed E-state index contributed by atoms with van der Waals surface area (Å²) in [6, 6.07) is 52.2. The fourth-order valence-electron chi connectivity index (χ4n) is 6.92. The van der Waals surface area contributed by atoms with Crippen LogP contribution in [0, 0.1) is 0 Å². The summed E-state index contributed by atoms with van der Waals surface area (Å²) in [6.45, 7) is 0. The van der Waals surface area contributed by atoms with Crippen molar-refractivity contribution in [2.24, 2.45) is 7.05 Å². The molecule has 0 saturated heterocycles. The van der Waals surface area contributed by atoms with Gasteiger partial charge in [-0.2, -0.15) is 0 Å². The number of hydrogen-bond donors (Lipinski definition) is 0. The van der Waals surface area contributed by atoms with Crippen molar-refractivity contribution < 1.29 is 0 Å². The van der Waals surface area contributed by atoms with E-state index in [0.717, 1.165) is 16.9 Å². The molecule has 0 aliphatic rings. The molecule has 0 unspecified atom stereocenters. The fourth-order valence-corrected chi connectivity index (χ4v) is 6.92. The van der Waals surface area contributed by atoms with E-state index in [9.17, 15) is 0 Å². The maximum absolute atomic E-state index is 5.23. The minimum atomic E-state index is 0.976. The van der Waals surface area contributed by atoms with Gasteiger partial charge < -0.3 is 9.13 Å². The van der Waals surface area contributed by atoms with Gasteiger partial charge in [-0.3, -0.25) is 0 Å². The fraction of sp³-hybridized carbons (Fsp3) is 0.0250. The van der Waals surface area contributed by atoms with Gasteiger partial charge in [0.25, 0.3) is 0 Å². The van der Waals surface area contributed by atoms with Crippen molar-refractivity contribution in [3.8, 4) is 28.2 Å². The Hall–Kier alpha value is -5.67. The van der Waals surface area contributed by atoms with E-state index in [-0.39, 0.29) is 0 Å². The number of hydrogen-bond acceptors (Lipinski definition) is 1. The normalized spacial score (nSPS) is 11.8. The zero-order valence-corrected chi connectivity index (χ0v) is 23.7. The number of rotatable bonds is 3. The topological polar surface area (TPSA) is 22.8 Å². The zero-order chi connectivity index (χ0) is 28.5. The number of aryl methyl sites for hydroxylation is 1. The second-order valence-electron chi connectivity index (χ2n) is 11.3. The lowest BCUT2D eigenvalue weighted by molar-refractivity contribution is 0.962. The van der Waals surface area contributed by atoms with Crippen LogP contribution in [0.3, 0.4) is 0 Å². The van der Waals surface area contributed by atoms with Crippen LogP contribution < -0.4 is 0 Å². The Morgan fingerprint density at radius 3 is 1.77 bits per heavy atom. The smallest absolute Gasteiger partial charge is 0.140 e. The number of benzene rings is 7. The van der Waals surface area contributed by atoms with Crippen LogP contribution in [-0.4, -0.2) is 14.1 Å². The maximum atomic E-state index is 5.23. The van der Waals surface area contributed by atoms with Crippen LogP contribution in [0.2, 0.25) is 0 Å². The van der Waals surface area contributed by atoms with Crippen molar-refractivity contribution in [1.82, 2.24) is 14.1 Å². The number of imidazole rings is 1. The Bertz CT molecular complexity index is 2500. The summed E-state index contributed by atoms with van der Waals surface area (Å²) in [5, 5.41) is 7.46. The Balaban J connectivity index is 1.18. The Morgan fingerprint density at radius 2 is 1.00 bits per heavy atom. The van der Waals surface area contributed by atoms with E-state index < -0.39 is 0 Å². The summed E-state index contributed by atoms with van der Waals surface area (Å²) in [4.78, 5) is 5.23. The first-order valence-corrected chi connectivity index (χ1v) is 14.7. The van der Waals surface area contributed by atoms with E-state index in [0.29, 0.717) is 0 Å². The van der Waals surface area contributed by atoms with Gasteiger partial charge in [-0.25, -0.2) is 4.98 Å². The van der Waals surface area contributed by atoms with Gasteiger partial charge in [0.1, 0.15) is 5.82 Å². The molecule has 0 aliphatic heterocycles. The lowest BCUT2D eigenvalue weighted by Crippen LogP contribution is -1.93. The van der Waals surface area contributed by atoms with Crippen molar-refractivity contribution in [2.45, 2.75) is 0 Å². The van der Waals surface area contributed by atoms with Gasteiger partial charge >= 0.3 is 0 Å². The average molecular weight is 550 g/mol. The molecule has 0 saturated carbocycles. The molecule has 0 atom stereocenters. The molecule has 0 aliphatic carbocycles. The van der Waals surface area contributed by atoms with Crippen LogP contribution in [0.4, 0.5) is 0 Å². The molecule has 9 aromatic rings. The highest BCUT2D eigenvalue weighted by Gasteiger charge is 2.17. The molecule has 0 amide bonds. The molecule has 2 heterocycles. The molecule has 0 spiro atoms. The molecule has 3 heteroatoms. The van der Waals surface area contributed by atoms with Crippen LogP contribution in [0.25, 0.3) is 82.6 Å². The first-order valence-electron chi connectivity index (χ1n) is 14.7. The van der Waals surface area contributed by atoms with Crippen molar-refractivity contribution in [3.05, 3.63) is 146 Å². The van der Waals surface area contributed by atoms with Crippen molar-refractivity contribution in [2.75, 3.05) is 0 Å². The van der Waals surface area contributed by atoms with Gasteiger partial charge in [0, 0.05) is 39.8 Å². The van der Waals surface area contributed by atoms with Crippen molar-refractivity contribution >= 4 is 54.4 Å². The van der Waals surface area contributed by atoms with Crippen molar-refractivity contribution in [1.29, 1.82) is 0 Å². The number of para-hydroxylation sites is 2. The van der Waals surface area contributed by atoms with E-state index >= 15 is 0 Å². The number of aromatic nitrogens is 3. The molecule has 202 valence electrons. The second-order valence-corrected chi connectivity index (χ2v) is 11.3. The minimum Gasteiger partial charge on any atom is -0.327 e. The minimum absolute atomic E-state index is 0.976. The quantitative estimate of drug-likeness (QED) is 0.201. The van der Waals surface area contributed by atoms with Crippen molar-refractivity contribution in [3.63, 3.8) is 0 Å². The standard InChI is InChI=1S/C40H27N3/c1-42-39-34-17-8-6-14-31(34)30-13-5-7-16-33(30)38(39)41-40(42)27-21-19-26(20-22-27)28-23-24-37-35(25-28)32-15-9-10-18-36(32)43(37)29-11-3-2-4-12-29/h2-25H,1H3. The van der Waals surface area contributed by atoms with E-state index in [1.165, 1.54) is 65.7 Å². The average Bonchev–Trinajstić information content (AvgIpc) is 3.60. The van der Waals surface area contributed by atoms with E-state index in [1.807, 2.05) is 0 Å². The predicted octanol–water partition coefficient (Wildman–Crippen LogP) is 10.3. The van der Waals surface area contributed by atoms with Crippen LogP contribution in [0.5, 0.6) is 0 Å². The summed E-state index contributed by atoms with van der Waals surface area (Å²) in [5.74, 6) is 0.976. The van der Waals surface area contributed by atoms with E-state index in [2.05, 4.69) is 162 Å². The summed E-state index contributed by atoms with van der Waals surface area (Å²) < 4.78 is 4.61.